The molecule has 0 atom stereocenters. The molecule has 6 heteroatoms. The highest BCUT2D eigenvalue weighted by molar-refractivity contribution is 7.80. The van der Waals surface area contributed by atoms with Crippen molar-refractivity contribution in [1.82, 2.24) is 10.3 Å². The van der Waals surface area contributed by atoms with Crippen molar-refractivity contribution in [3.05, 3.63) is 59.5 Å². The van der Waals surface area contributed by atoms with E-state index in [4.69, 9.17) is 16.6 Å². The minimum atomic E-state index is -0.198. The van der Waals surface area contributed by atoms with E-state index in [0.717, 1.165) is 28.8 Å². The van der Waals surface area contributed by atoms with Crippen LogP contribution in [0.3, 0.4) is 0 Å². The monoisotopic (exact) mass is 353 g/mol. The number of nitrogens with one attached hydrogen (secondary N) is 2. The molecule has 3 rings (SSSR count). The molecule has 128 valence electrons. The maximum Gasteiger partial charge on any atom is 0.222 e. The molecule has 1 aromatic heterocycles. The van der Waals surface area contributed by atoms with Gasteiger partial charge in [0.2, 0.25) is 5.91 Å². The zero-order chi connectivity index (χ0) is 17.8. The predicted octanol–water partition coefficient (Wildman–Crippen LogP) is 3.81. The van der Waals surface area contributed by atoms with Crippen LogP contribution in [0.15, 0.2) is 46.9 Å². The van der Waals surface area contributed by atoms with Crippen molar-refractivity contribution < 1.29 is 9.21 Å². The highest BCUT2D eigenvalue weighted by atomic mass is 32.1. The van der Waals surface area contributed by atoms with E-state index in [9.17, 15) is 4.79 Å². The Labute approximate surface area is 151 Å². The zero-order valence-electron chi connectivity index (χ0n) is 14.1. The second-order valence-corrected chi connectivity index (χ2v) is 6.18. The number of benzene rings is 2. The average molecular weight is 353 g/mol. The van der Waals surface area contributed by atoms with Gasteiger partial charge in [-0.05, 0) is 54.0 Å². The molecule has 0 unspecified atom stereocenters. The van der Waals surface area contributed by atoms with Crippen molar-refractivity contribution in [3.8, 4) is 0 Å². The van der Waals surface area contributed by atoms with Gasteiger partial charge in [-0.2, -0.15) is 0 Å². The molecule has 0 aliphatic carbocycles. The van der Waals surface area contributed by atoms with Crippen LogP contribution in [-0.4, -0.2) is 16.0 Å². The first-order valence-corrected chi connectivity index (χ1v) is 8.50. The van der Waals surface area contributed by atoms with Crippen LogP contribution in [0.5, 0.6) is 0 Å². The third-order valence-corrected chi connectivity index (χ3v) is 3.97. The lowest BCUT2D eigenvalue weighted by Crippen LogP contribution is -2.32. The van der Waals surface area contributed by atoms with Crippen LogP contribution < -0.4 is 10.6 Å². The summed E-state index contributed by atoms with van der Waals surface area (Å²) in [5.74, 6) is 0.494. The Hall–Kier alpha value is -2.73. The number of aromatic nitrogens is 1. The second kappa shape index (κ2) is 7.44. The average Bonchev–Trinajstić information content (AvgIpc) is 2.97. The molecule has 0 saturated carbocycles. The summed E-state index contributed by atoms with van der Waals surface area (Å²) in [5.41, 5.74) is 4.85. The summed E-state index contributed by atoms with van der Waals surface area (Å²) < 4.78 is 5.82. The summed E-state index contributed by atoms with van der Waals surface area (Å²) in [6, 6.07) is 13.9. The maximum atomic E-state index is 11.0. The number of aryl methyl sites for hydroxylation is 1. The highest BCUT2D eigenvalue weighted by Crippen LogP contribution is 2.20. The number of oxazole rings is 1. The van der Waals surface area contributed by atoms with Crippen LogP contribution in [0, 0.1) is 0 Å². The van der Waals surface area contributed by atoms with Gasteiger partial charge in [0.15, 0.2) is 16.6 Å². The lowest BCUT2D eigenvalue weighted by molar-refractivity contribution is -0.117. The quantitative estimate of drug-likeness (QED) is 0.698. The van der Waals surface area contributed by atoms with E-state index in [0.29, 0.717) is 12.3 Å². The molecule has 25 heavy (non-hydrogen) atoms. The number of thiocarbonyl (C=S) groups is 1. The van der Waals surface area contributed by atoms with Gasteiger partial charge in [-0.3, -0.25) is 4.79 Å². The lowest BCUT2D eigenvalue weighted by Gasteiger charge is -2.08. The van der Waals surface area contributed by atoms with Crippen LogP contribution in [-0.2, 0) is 17.6 Å². The molecule has 2 N–H and O–H groups in total. The summed E-state index contributed by atoms with van der Waals surface area (Å²) in [6.45, 7) is 3.54. The Morgan fingerprint density at radius 1 is 1.16 bits per heavy atom. The summed E-state index contributed by atoms with van der Waals surface area (Å²) in [7, 11) is 0. The molecule has 0 bridgehead atoms. The fourth-order valence-electron chi connectivity index (χ4n) is 2.52. The van der Waals surface area contributed by atoms with Crippen LogP contribution >= 0.6 is 12.2 Å². The molecular weight excluding hydrogens is 334 g/mol. The van der Waals surface area contributed by atoms with Gasteiger partial charge < -0.3 is 15.1 Å². The molecule has 0 fully saturated rings. The normalized spacial score (nSPS) is 10.6. The Morgan fingerprint density at radius 2 is 1.88 bits per heavy atom. The van der Waals surface area contributed by atoms with Crippen LogP contribution in [0.1, 0.15) is 30.9 Å². The molecule has 5 nitrogen and oxygen atoms in total. The molecule has 0 spiro atoms. The van der Waals surface area contributed by atoms with E-state index in [2.05, 4.69) is 34.7 Å². The summed E-state index contributed by atoms with van der Waals surface area (Å²) in [6.07, 6.45) is 1.60. The van der Waals surface area contributed by atoms with E-state index in [-0.39, 0.29) is 11.0 Å². The number of anilines is 1. The smallest absolute Gasteiger partial charge is 0.222 e. The molecule has 2 aromatic carbocycles. The molecule has 1 amide bonds. The number of hydrogen-bond acceptors (Lipinski definition) is 4. The Morgan fingerprint density at radius 3 is 2.56 bits per heavy atom. The SMILES string of the molecule is CCc1ccc2oc(Cc3ccc(NC(=S)NC(C)=O)cc3)nc2c1. The van der Waals surface area contributed by atoms with Crippen LogP contribution in [0.4, 0.5) is 5.69 Å². The number of carbonyl (C=O) groups excluding carboxylic acids is 1. The van der Waals surface area contributed by atoms with Crippen molar-refractivity contribution in [3.63, 3.8) is 0 Å². The zero-order valence-corrected chi connectivity index (χ0v) is 14.9. The molecule has 0 aliphatic rings. The summed E-state index contributed by atoms with van der Waals surface area (Å²) >= 11 is 5.04. The van der Waals surface area contributed by atoms with Crippen molar-refractivity contribution in [2.75, 3.05) is 5.32 Å². The van der Waals surface area contributed by atoms with Gasteiger partial charge in [-0.1, -0.05) is 25.1 Å². The second-order valence-electron chi connectivity index (χ2n) is 5.77. The standard InChI is InChI=1S/C19H19N3O2S/c1-3-13-6-9-17-16(10-13)22-18(24-17)11-14-4-7-15(8-5-14)21-19(25)20-12(2)23/h4-10H,3,11H2,1-2H3,(H2,20,21,23,25). The third-order valence-electron chi connectivity index (χ3n) is 3.76. The van der Waals surface area contributed by atoms with Gasteiger partial charge in [0.1, 0.15) is 5.52 Å². The minimum Gasteiger partial charge on any atom is -0.440 e. The Kier molecular flexibility index (Phi) is 5.09. The molecule has 1 heterocycles. The largest absolute Gasteiger partial charge is 0.440 e. The molecule has 0 radical (unpaired) electrons. The number of carbonyl (C=O) groups is 1. The number of amides is 1. The maximum absolute atomic E-state index is 11.0. The van der Waals surface area contributed by atoms with Gasteiger partial charge in [0.25, 0.3) is 0 Å². The van der Waals surface area contributed by atoms with E-state index < -0.39 is 0 Å². The molecule has 0 aliphatic heterocycles. The first kappa shape index (κ1) is 17.1. The van der Waals surface area contributed by atoms with Gasteiger partial charge in [0, 0.05) is 19.0 Å². The third kappa shape index (κ3) is 4.42. The van der Waals surface area contributed by atoms with Crippen molar-refractivity contribution >= 4 is 40.0 Å². The van der Waals surface area contributed by atoms with Gasteiger partial charge in [-0.25, -0.2) is 4.98 Å². The van der Waals surface area contributed by atoms with Crippen LogP contribution in [0.25, 0.3) is 11.1 Å². The first-order chi connectivity index (χ1) is 12.0. The van der Waals surface area contributed by atoms with Gasteiger partial charge in [-0.15, -0.1) is 0 Å². The Balaban J connectivity index is 1.69. The minimum absolute atomic E-state index is 0.198. The molecular formula is C19H19N3O2S. The van der Waals surface area contributed by atoms with Crippen LogP contribution in [0.2, 0.25) is 0 Å². The van der Waals surface area contributed by atoms with Crippen molar-refractivity contribution in [1.29, 1.82) is 0 Å². The number of hydrogen-bond donors (Lipinski definition) is 2. The fraction of sp³-hybridized carbons (Fsp3) is 0.211. The number of rotatable bonds is 4. The van der Waals surface area contributed by atoms with E-state index >= 15 is 0 Å². The van der Waals surface area contributed by atoms with Gasteiger partial charge >= 0.3 is 0 Å². The van der Waals surface area contributed by atoms with Gasteiger partial charge in [0.05, 0.1) is 0 Å². The van der Waals surface area contributed by atoms with E-state index in [1.54, 1.807) is 0 Å². The van der Waals surface area contributed by atoms with E-state index in [1.807, 2.05) is 30.3 Å². The number of nitrogens with zero attached hydrogens (tertiary/aromatic N) is 1. The lowest BCUT2D eigenvalue weighted by atomic mass is 10.1. The fourth-order valence-corrected chi connectivity index (χ4v) is 2.78. The first-order valence-electron chi connectivity index (χ1n) is 8.09. The molecule has 3 aromatic rings. The summed E-state index contributed by atoms with van der Waals surface area (Å²) in [4.78, 5) is 15.5. The highest BCUT2D eigenvalue weighted by Gasteiger charge is 2.08. The Bertz CT molecular complexity index is 916. The topological polar surface area (TPSA) is 67.2 Å². The molecule has 0 saturated heterocycles. The van der Waals surface area contributed by atoms with E-state index in [1.165, 1.54) is 12.5 Å². The predicted molar refractivity (Wildman–Crippen MR) is 103 cm³/mol. The number of fused-ring (bicyclic) bond motifs is 1. The van der Waals surface area contributed by atoms with Crippen molar-refractivity contribution in [2.45, 2.75) is 26.7 Å². The summed E-state index contributed by atoms with van der Waals surface area (Å²) in [5, 5.41) is 5.77. The van der Waals surface area contributed by atoms with Crippen molar-refractivity contribution in [2.24, 2.45) is 0 Å².